The molecule has 0 saturated heterocycles. The summed E-state index contributed by atoms with van der Waals surface area (Å²) in [6, 6.07) is 9.11. The van der Waals surface area contributed by atoms with Crippen molar-refractivity contribution in [1.82, 2.24) is 4.98 Å². The Kier molecular flexibility index (Phi) is 4.67. The van der Waals surface area contributed by atoms with Crippen LogP contribution in [0.3, 0.4) is 0 Å². The van der Waals surface area contributed by atoms with Gasteiger partial charge in [-0.05, 0) is 17.9 Å². The molecule has 0 radical (unpaired) electrons. The Bertz CT molecular complexity index is 611. The first-order valence-electron chi connectivity index (χ1n) is 6.85. The zero-order valence-corrected chi connectivity index (χ0v) is 11.8. The van der Waals surface area contributed by atoms with Crippen molar-refractivity contribution in [3.05, 3.63) is 36.0 Å². The number of anilines is 1. The van der Waals surface area contributed by atoms with Crippen LogP contribution < -0.4 is 10.6 Å². The fraction of sp³-hybridized carbons (Fsp3) is 0.400. The maximum absolute atomic E-state index is 12.8. The minimum atomic E-state index is -4.27. The van der Waals surface area contributed by atoms with E-state index in [1.807, 2.05) is 25.1 Å². The van der Waals surface area contributed by atoms with Gasteiger partial charge < -0.3 is 10.6 Å². The summed E-state index contributed by atoms with van der Waals surface area (Å²) in [5.74, 6) is 0.354. The summed E-state index contributed by atoms with van der Waals surface area (Å²) < 4.78 is 38.4. The van der Waals surface area contributed by atoms with Crippen LogP contribution >= 0.6 is 0 Å². The van der Waals surface area contributed by atoms with Gasteiger partial charge in [0.25, 0.3) is 0 Å². The molecule has 0 amide bonds. The molecule has 1 heterocycles. The van der Waals surface area contributed by atoms with Crippen molar-refractivity contribution >= 4 is 16.6 Å². The molecule has 0 fully saturated rings. The average Bonchev–Trinajstić information content (AvgIpc) is 2.44. The molecule has 0 aliphatic rings. The molecular weight excluding hydrogens is 279 g/mol. The number of nitrogens with zero attached hydrogens (tertiary/aromatic N) is 2. The lowest BCUT2D eigenvalue weighted by atomic mass is 10.1. The Balaban J connectivity index is 2.54. The summed E-state index contributed by atoms with van der Waals surface area (Å²) >= 11 is 0. The van der Waals surface area contributed by atoms with E-state index in [0.29, 0.717) is 29.9 Å². The predicted molar refractivity (Wildman–Crippen MR) is 78.2 cm³/mol. The lowest BCUT2D eigenvalue weighted by Crippen LogP contribution is -2.35. The van der Waals surface area contributed by atoms with Crippen LogP contribution in [0, 0.1) is 0 Å². The van der Waals surface area contributed by atoms with Crippen molar-refractivity contribution in [2.75, 3.05) is 18.0 Å². The highest BCUT2D eigenvalue weighted by Gasteiger charge is 2.31. The van der Waals surface area contributed by atoms with Gasteiger partial charge in [0.05, 0.1) is 5.69 Å². The van der Waals surface area contributed by atoms with E-state index in [4.69, 9.17) is 5.73 Å². The Morgan fingerprint density at radius 2 is 1.95 bits per heavy atom. The smallest absolute Gasteiger partial charge is 0.347 e. The summed E-state index contributed by atoms with van der Waals surface area (Å²) in [6.07, 6.45) is -3.66. The molecule has 0 aliphatic carbocycles. The van der Waals surface area contributed by atoms with Crippen molar-refractivity contribution < 1.29 is 13.2 Å². The van der Waals surface area contributed by atoms with Crippen LogP contribution in [0.5, 0.6) is 0 Å². The third kappa shape index (κ3) is 3.85. The molecule has 0 spiro atoms. The number of nitrogens with two attached hydrogens (primary N) is 1. The maximum Gasteiger partial charge on any atom is 0.405 e. The molecule has 0 bridgehead atoms. The summed E-state index contributed by atoms with van der Waals surface area (Å²) in [4.78, 5) is 5.60. The van der Waals surface area contributed by atoms with E-state index in [0.717, 1.165) is 5.39 Å². The molecular formula is C15H18F3N3. The van der Waals surface area contributed by atoms with Crippen LogP contribution in [0.15, 0.2) is 30.3 Å². The molecule has 114 valence electrons. The van der Waals surface area contributed by atoms with Crippen molar-refractivity contribution in [3.8, 4) is 0 Å². The van der Waals surface area contributed by atoms with E-state index < -0.39 is 12.7 Å². The van der Waals surface area contributed by atoms with E-state index in [9.17, 15) is 13.2 Å². The van der Waals surface area contributed by atoms with Gasteiger partial charge in [0.2, 0.25) is 0 Å². The number of hydrogen-bond donors (Lipinski definition) is 1. The van der Waals surface area contributed by atoms with Crippen molar-refractivity contribution in [2.24, 2.45) is 5.73 Å². The van der Waals surface area contributed by atoms with Gasteiger partial charge in [-0.1, -0.05) is 31.2 Å². The minimum Gasteiger partial charge on any atom is -0.347 e. The maximum atomic E-state index is 12.8. The number of pyridine rings is 1. The van der Waals surface area contributed by atoms with Gasteiger partial charge in [-0.3, -0.25) is 0 Å². The minimum absolute atomic E-state index is 0.198. The van der Waals surface area contributed by atoms with Gasteiger partial charge in [0.1, 0.15) is 12.4 Å². The normalized spacial score (nSPS) is 11.9. The van der Waals surface area contributed by atoms with E-state index in [1.54, 1.807) is 12.1 Å². The SMILES string of the molecule is CCCN(CC(F)(F)F)c1nc(CN)cc2ccccc12. The third-order valence-corrected chi connectivity index (χ3v) is 3.15. The highest BCUT2D eigenvalue weighted by atomic mass is 19.4. The van der Waals surface area contributed by atoms with Crippen LogP contribution in [0.25, 0.3) is 10.8 Å². The lowest BCUT2D eigenvalue weighted by Gasteiger charge is -2.26. The second kappa shape index (κ2) is 6.30. The lowest BCUT2D eigenvalue weighted by molar-refractivity contribution is -0.119. The molecule has 3 nitrogen and oxygen atoms in total. The molecule has 0 saturated carbocycles. The Labute approximate surface area is 121 Å². The van der Waals surface area contributed by atoms with Gasteiger partial charge in [-0.2, -0.15) is 13.2 Å². The van der Waals surface area contributed by atoms with E-state index in [-0.39, 0.29) is 6.54 Å². The molecule has 0 atom stereocenters. The quantitative estimate of drug-likeness (QED) is 0.919. The number of alkyl halides is 3. The molecule has 21 heavy (non-hydrogen) atoms. The largest absolute Gasteiger partial charge is 0.405 e. The summed E-state index contributed by atoms with van der Waals surface area (Å²) in [7, 11) is 0. The Hall–Kier alpha value is -1.82. The van der Waals surface area contributed by atoms with Crippen molar-refractivity contribution in [3.63, 3.8) is 0 Å². The number of aromatic nitrogens is 1. The van der Waals surface area contributed by atoms with Crippen LogP contribution in [-0.4, -0.2) is 24.2 Å². The molecule has 2 rings (SSSR count). The van der Waals surface area contributed by atoms with Crippen molar-refractivity contribution in [2.45, 2.75) is 26.1 Å². The van der Waals surface area contributed by atoms with Crippen molar-refractivity contribution in [1.29, 1.82) is 0 Å². The Morgan fingerprint density at radius 3 is 2.57 bits per heavy atom. The van der Waals surface area contributed by atoms with Gasteiger partial charge >= 0.3 is 6.18 Å². The second-order valence-corrected chi connectivity index (χ2v) is 4.90. The van der Waals surface area contributed by atoms with Crippen LogP contribution in [0.2, 0.25) is 0 Å². The number of halogens is 3. The van der Waals surface area contributed by atoms with Crippen LogP contribution in [0.1, 0.15) is 19.0 Å². The first kappa shape index (κ1) is 15.6. The monoisotopic (exact) mass is 297 g/mol. The molecule has 1 aromatic heterocycles. The van der Waals surface area contributed by atoms with Gasteiger partial charge in [-0.15, -0.1) is 0 Å². The van der Waals surface area contributed by atoms with Crippen LogP contribution in [0.4, 0.5) is 19.0 Å². The second-order valence-electron chi connectivity index (χ2n) is 4.90. The molecule has 1 aromatic carbocycles. The van der Waals surface area contributed by atoms with Crippen LogP contribution in [-0.2, 0) is 6.54 Å². The topological polar surface area (TPSA) is 42.2 Å². The zero-order valence-electron chi connectivity index (χ0n) is 11.8. The first-order chi connectivity index (χ1) is 9.94. The summed E-state index contributed by atoms with van der Waals surface area (Å²) in [6.45, 7) is 1.33. The molecule has 0 unspecified atom stereocenters. The first-order valence-corrected chi connectivity index (χ1v) is 6.85. The molecule has 2 N–H and O–H groups in total. The van der Waals surface area contributed by atoms with Gasteiger partial charge in [-0.25, -0.2) is 4.98 Å². The van der Waals surface area contributed by atoms with E-state index in [1.165, 1.54) is 4.90 Å². The summed E-state index contributed by atoms with van der Waals surface area (Å²) in [5, 5.41) is 1.57. The zero-order chi connectivity index (χ0) is 15.5. The molecule has 2 aromatic rings. The Morgan fingerprint density at radius 1 is 1.24 bits per heavy atom. The van der Waals surface area contributed by atoms with E-state index in [2.05, 4.69) is 4.98 Å². The van der Waals surface area contributed by atoms with E-state index >= 15 is 0 Å². The highest BCUT2D eigenvalue weighted by molar-refractivity contribution is 5.92. The predicted octanol–water partition coefficient (Wildman–Crippen LogP) is 3.47. The fourth-order valence-corrected chi connectivity index (χ4v) is 2.33. The number of rotatable bonds is 5. The van der Waals surface area contributed by atoms with Gasteiger partial charge in [0.15, 0.2) is 0 Å². The third-order valence-electron chi connectivity index (χ3n) is 3.15. The molecule has 0 aliphatic heterocycles. The summed E-state index contributed by atoms with van der Waals surface area (Å²) in [5.41, 5.74) is 6.20. The standard InChI is InChI=1S/C15H18F3N3/c1-2-7-21(10-15(16,17)18)14-13-6-4-3-5-11(13)8-12(9-19)20-14/h3-6,8H,2,7,9-10,19H2,1H3. The number of hydrogen-bond acceptors (Lipinski definition) is 3. The highest BCUT2D eigenvalue weighted by Crippen LogP contribution is 2.28. The fourth-order valence-electron chi connectivity index (χ4n) is 2.33. The average molecular weight is 297 g/mol. The number of fused-ring (bicyclic) bond motifs is 1. The van der Waals surface area contributed by atoms with Gasteiger partial charge in [0, 0.05) is 18.5 Å². The molecule has 6 heteroatoms. The number of benzene rings is 1.